The van der Waals surface area contributed by atoms with Crippen LogP contribution in [-0.2, 0) is 15.7 Å². The van der Waals surface area contributed by atoms with Crippen molar-refractivity contribution in [1.29, 1.82) is 0 Å². The van der Waals surface area contributed by atoms with E-state index in [-0.39, 0.29) is 6.42 Å². The Morgan fingerprint density at radius 2 is 0.690 bits per heavy atom. The number of carboxylic acids is 1. The Kier molecular flexibility index (Phi) is 13.1. The third kappa shape index (κ3) is 7.49. The van der Waals surface area contributed by atoms with Crippen molar-refractivity contribution >= 4 is 16.9 Å². The highest BCUT2D eigenvalue weighted by Crippen LogP contribution is 2.55. The van der Waals surface area contributed by atoms with Gasteiger partial charge in [0.05, 0.1) is 64.0 Å². The molecule has 12 heteroatoms. The van der Waals surface area contributed by atoms with E-state index in [0.717, 1.165) is 0 Å². The Hall–Kier alpha value is -4.32. The topological polar surface area (TPSA) is 123 Å². The Balaban J connectivity index is 0.00000113. The van der Waals surface area contributed by atoms with Gasteiger partial charge >= 0.3 is 0 Å². The van der Waals surface area contributed by atoms with Crippen LogP contribution in [0.4, 0.5) is 0 Å². The molecule has 3 aromatic rings. The predicted octanol–water partition coefficient (Wildman–Crippen LogP) is 4.01. The lowest BCUT2D eigenvalue weighted by Gasteiger charge is -2.21. The second kappa shape index (κ2) is 16.2. The van der Waals surface area contributed by atoms with E-state index in [4.69, 9.17) is 42.6 Å². The Bertz CT molecular complexity index is 1120. The fourth-order valence-corrected chi connectivity index (χ4v) is 6.50. The van der Waals surface area contributed by atoms with Crippen molar-refractivity contribution < 1.29 is 52.5 Å². The van der Waals surface area contributed by atoms with Crippen LogP contribution in [0.25, 0.3) is 0 Å². The van der Waals surface area contributed by atoms with Crippen LogP contribution >= 0.6 is 0 Å². The minimum Gasteiger partial charge on any atom is -0.550 e. The molecular formula is C30H38O11S. The molecule has 230 valence electrons. The number of carbonyl (C=O) groups excluding carboxylic acids is 1. The zero-order valence-corrected chi connectivity index (χ0v) is 26.4. The van der Waals surface area contributed by atoms with E-state index >= 15 is 0 Å². The Morgan fingerprint density at radius 1 is 0.500 bits per heavy atom. The van der Waals surface area contributed by atoms with E-state index in [0.29, 0.717) is 66.4 Å². The Labute approximate surface area is 249 Å². The molecule has 0 spiro atoms. The van der Waals surface area contributed by atoms with Crippen molar-refractivity contribution in [1.82, 2.24) is 0 Å². The summed E-state index contributed by atoms with van der Waals surface area (Å²) < 4.78 is 51.7. The molecule has 0 heterocycles. The van der Waals surface area contributed by atoms with Crippen LogP contribution in [-0.4, -0.2) is 70.0 Å². The third-order valence-corrected chi connectivity index (χ3v) is 8.34. The molecule has 0 bridgehead atoms. The molecule has 0 unspecified atom stereocenters. The molecule has 3 aromatic carbocycles. The highest BCUT2D eigenvalue weighted by molar-refractivity contribution is 7.97. The SMILES string of the molecule is CCC(=O)[O-].COc1cc(OC)c([S+](c2c(OC)cc(OC)cc2OC)c2c(OC)cc(OC)cc2OC)c(OC)c1. The fourth-order valence-electron chi connectivity index (χ4n) is 3.83. The maximum atomic E-state index is 9.26. The number of carboxylic acid groups (broad SMARTS) is 1. The average Bonchev–Trinajstić information content (AvgIpc) is 3.04. The molecule has 0 fully saturated rings. The summed E-state index contributed by atoms with van der Waals surface area (Å²) in [5.74, 6) is 3.89. The average molecular weight is 607 g/mol. The van der Waals surface area contributed by atoms with Gasteiger partial charge in [-0.3, -0.25) is 0 Å². The highest BCUT2D eigenvalue weighted by Gasteiger charge is 2.46. The summed E-state index contributed by atoms with van der Waals surface area (Å²) >= 11 is 0. The van der Waals surface area contributed by atoms with E-state index < -0.39 is 16.9 Å². The maximum Gasteiger partial charge on any atom is 0.250 e. The lowest BCUT2D eigenvalue weighted by molar-refractivity contribution is -0.305. The van der Waals surface area contributed by atoms with Crippen LogP contribution in [0.5, 0.6) is 51.7 Å². The molecule has 0 aliphatic heterocycles. The van der Waals surface area contributed by atoms with E-state index in [1.54, 1.807) is 100 Å². The van der Waals surface area contributed by atoms with Crippen LogP contribution in [0.2, 0.25) is 0 Å². The molecule has 0 aliphatic carbocycles. The smallest absolute Gasteiger partial charge is 0.250 e. The van der Waals surface area contributed by atoms with Crippen molar-refractivity contribution in [2.24, 2.45) is 0 Å². The number of aliphatic carboxylic acids is 1. The first-order valence-corrected chi connectivity index (χ1v) is 13.8. The van der Waals surface area contributed by atoms with E-state index in [2.05, 4.69) is 0 Å². The number of hydrogen-bond donors (Lipinski definition) is 0. The Morgan fingerprint density at radius 3 is 0.810 bits per heavy atom. The highest BCUT2D eigenvalue weighted by atomic mass is 32.2. The van der Waals surface area contributed by atoms with Crippen molar-refractivity contribution in [2.45, 2.75) is 28.0 Å². The molecule has 0 aromatic heterocycles. The molecule has 3 rings (SSSR count). The summed E-state index contributed by atoms with van der Waals surface area (Å²) in [6.07, 6.45) is 0.111. The van der Waals surface area contributed by atoms with Crippen LogP contribution in [0.15, 0.2) is 51.1 Å². The maximum absolute atomic E-state index is 9.26. The first-order valence-electron chi connectivity index (χ1n) is 12.6. The van der Waals surface area contributed by atoms with Gasteiger partial charge in [-0.25, -0.2) is 0 Å². The third-order valence-electron chi connectivity index (χ3n) is 5.91. The molecule has 0 saturated heterocycles. The summed E-state index contributed by atoms with van der Waals surface area (Å²) in [6, 6.07) is 10.8. The molecule has 11 nitrogen and oxygen atoms in total. The van der Waals surface area contributed by atoms with Gasteiger partial charge in [0.2, 0.25) is 0 Å². The number of benzene rings is 3. The first-order chi connectivity index (χ1) is 20.2. The quantitative estimate of drug-likeness (QED) is 0.262. The lowest BCUT2D eigenvalue weighted by atomic mass is 10.3. The van der Waals surface area contributed by atoms with Gasteiger partial charge in [0.15, 0.2) is 34.5 Å². The van der Waals surface area contributed by atoms with Crippen LogP contribution in [0.3, 0.4) is 0 Å². The number of methoxy groups -OCH3 is 9. The minimum atomic E-state index is -1.03. The van der Waals surface area contributed by atoms with Gasteiger partial charge in [-0.2, -0.15) is 0 Å². The number of ether oxygens (including phenoxy) is 9. The minimum absolute atomic E-state index is 0.111. The van der Waals surface area contributed by atoms with E-state index in [9.17, 15) is 9.90 Å². The number of hydrogen-bond acceptors (Lipinski definition) is 11. The zero-order valence-electron chi connectivity index (χ0n) is 25.6. The molecule has 0 aliphatic rings. The molecular weight excluding hydrogens is 568 g/mol. The van der Waals surface area contributed by atoms with Crippen molar-refractivity contribution in [2.75, 3.05) is 64.0 Å². The van der Waals surface area contributed by atoms with E-state index in [1.165, 1.54) is 6.92 Å². The monoisotopic (exact) mass is 606 g/mol. The second-order valence-electron chi connectivity index (χ2n) is 8.11. The molecule has 0 amide bonds. The zero-order chi connectivity index (χ0) is 31.4. The van der Waals surface area contributed by atoms with Crippen molar-refractivity contribution in [3.05, 3.63) is 36.4 Å². The largest absolute Gasteiger partial charge is 0.550 e. The lowest BCUT2D eigenvalue weighted by Crippen LogP contribution is -2.19. The van der Waals surface area contributed by atoms with Crippen LogP contribution in [0, 0.1) is 0 Å². The summed E-state index contributed by atoms with van der Waals surface area (Å²) in [7, 11) is 13.2. The summed E-state index contributed by atoms with van der Waals surface area (Å²) in [5, 5.41) is 9.26. The number of carbonyl (C=O) groups is 1. The fraction of sp³-hybridized carbons (Fsp3) is 0.367. The van der Waals surface area contributed by atoms with Gasteiger partial charge in [-0.15, -0.1) is 0 Å². The predicted molar refractivity (Wildman–Crippen MR) is 156 cm³/mol. The van der Waals surface area contributed by atoms with Crippen molar-refractivity contribution in [3.8, 4) is 51.7 Å². The normalized spacial score (nSPS) is 10.2. The van der Waals surface area contributed by atoms with Crippen LogP contribution < -0.4 is 47.7 Å². The molecule has 0 radical (unpaired) electrons. The molecule has 0 atom stereocenters. The van der Waals surface area contributed by atoms with Gasteiger partial charge in [0.25, 0.3) is 14.7 Å². The van der Waals surface area contributed by atoms with Gasteiger partial charge < -0.3 is 52.5 Å². The van der Waals surface area contributed by atoms with Crippen molar-refractivity contribution in [3.63, 3.8) is 0 Å². The standard InChI is InChI=1S/C27H33O9S.C3H6O2/c1-28-16-10-19(31-4)25(20(11-16)32-5)37(26-21(33-6)12-17(29-2)13-22(26)34-7)27-23(35-8)14-18(30-3)15-24(27)36-9;1-2-3(4)5/h10-15H,1-9H3;2H2,1H3,(H,4,5)/q+1;/p-1. The molecule has 42 heavy (non-hydrogen) atoms. The van der Waals surface area contributed by atoms with Gasteiger partial charge in [0.1, 0.15) is 28.1 Å². The summed E-state index contributed by atoms with van der Waals surface area (Å²) in [5.41, 5.74) is 0. The van der Waals surface area contributed by atoms with E-state index in [1.807, 2.05) is 0 Å². The van der Waals surface area contributed by atoms with Gasteiger partial charge in [-0.1, -0.05) is 6.92 Å². The second-order valence-corrected chi connectivity index (χ2v) is 9.95. The number of rotatable bonds is 13. The molecule has 0 saturated carbocycles. The van der Waals surface area contributed by atoms with Crippen LogP contribution in [0.1, 0.15) is 13.3 Å². The van der Waals surface area contributed by atoms with Gasteiger partial charge in [0, 0.05) is 42.4 Å². The summed E-state index contributed by atoms with van der Waals surface area (Å²) in [4.78, 5) is 11.4. The van der Waals surface area contributed by atoms with Gasteiger partial charge in [-0.05, 0) is 6.42 Å². The first kappa shape index (κ1) is 33.9. The molecule has 0 N–H and O–H groups in total. The summed E-state index contributed by atoms with van der Waals surface area (Å²) in [6.45, 7) is 1.54.